The van der Waals surface area contributed by atoms with Gasteiger partial charge in [0.05, 0.1) is 0 Å². The lowest BCUT2D eigenvalue weighted by Gasteiger charge is -2.28. The number of rotatable bonds is 8. The summed E-state index contributed by atoms with van der Waals surface area (Å²) in [5.74, 6) is 0. The minimum atomic E-state index is 0.708. The highest BCUT2D eigenvalue weighted by atomic mass is 15.1. The normalized spacial score (nSPS) is 13.6. The summed E-state index contributed by atoms with van der Waals surface area (Å²) in [5, 5.41) is 0. The van der Waals surface area contributed by atoms with Crippen molar-refractivity contribution in [3.8, 4) is 0 Å². The van der Waals surface area contributed by atoms with E-state index in [2.05, 4.69) is 25.7 Å². The molecular formula is C11H26N2. The third-order valence-corrected chi connectivity index (χ3v) is 2.54. The van der Waals surface area contributed by atoms with E-state index < -0.39 is 0 Å². The molecule has 13 heavy (non-hydrogen) atoms. The van der Waals surface area contributed by atoms with Crippen LogP contribution in [0.25, 0.3) is 0 Å². The van der Waals surface area contributed by atoms with Gasteiger partial charge < -0.3 is 5.73 Å². The summed E-state index contributed by atoms with van der Waals surface area (Å²) in [6.45, 7) is 9.87. The fraction of sp³-hybridized carbons (Fsp3) is 1.00. The van der Waals surface area contributed by atoms with Crippen LogP contribution in [0.1, 0.15) is 46.5 Å². The maximum Gasteiger partial charge on any atom is 0.0107 e. The molecule has 0 aliphatic heterocycles. The van der Waals surface area contributed by atoms with Crippen molar-refractivity contribution in [1.82, 2.24) is 4.90 Å². The Hall–Kier alpha value is -0.0800. The largest absolute Gasteiger partial charge is 0.329 e. The lowest BCUT2D eigenvalue weighted by molar-refractivity contribution is 0.201. The van der Waals surface area contributed by atoms with Crippen LogP contribution in [0.3, 0.4) is 0 Å². The summed E-state index contributed by atoms with van der Waals surface area (Å²) >= 11 is 0. The second-order valence-electron chi connectivity index (χ2n) is 3.82. The minimum absolute atomic E-state index is 0.708. The second-order valence-corrected chi connectivity index (χ2v) is 3.82. The van der Waals surface area contributed by atoms with Crippen LogP contribution < -0.4 is 5.73 Å². The summed E-state index contributed by atoms with van der Waals surface area (Å²) in [6.07, 6.45) is 5.14. The molecule has 2 nitrogen and oxygen atoms in total. The Bertz CT molecular complexity index is 104. The van der Waals surface area contributed by atoms with Gasteiger partial charge in [-0.25, -0.2) is 0 Å². The highest BCUT2D eigenvalue weighted by Crippen LogP contribution is 2.07. The predicted molar refractivity (Wildman–Crippen MR) is 59.9 cm³/mol. The number of hydrogen-bond donors (Lipinski definition) is 1. The maximum absolute atomic E-state index is 5.59. The highest BCUT2D eigenvalue weighted by molar-refractivity contribution is 4.66. The molecule has 0 aromatic rings. The van der Waals surface area contributed by atoms with Crippen LogP contribution in [-0.4, -0.2) is 30.6 Å². The molecule has 0 aromatic heterocycles. The Morgan fingerprint density at radius 2 is 1.85 bits per heavy atom. The molecule has 0 aromatic carbocycles. The van der Waals surface area contributed by atoms with Crippen LogP contribution in [0.4, 0.5) is 0 Å². The zero-order valence-corrected chi connectivity index (χ0v) is 9.55. The van der Waals surface area contributed by atoms with Crippen molar-refractivity contribution in [3.05, 3.63) is 0 Å². The predicted octanol–water partition coefficient (Wildman–Crippen LogP) is 2.24. The van der Waals surface area contributed by atoms with Crippen molar-refractivity contribution in [1.29, 1.82) is 0 Å². The van der Waals surface area contributed by atoms with Gasteiger partial charge in [0.15, 0.2) is 0 Å². The second kappa shape index (κ2) is 8.52. The molecule has 80 valence electrons. The fourth-order valence-electron chi connectivity index (χ4n) is 1.68. The Morgan fingerprint density at radius 3 is 2.31 bits per heavy atom. The molecule has 0 spiro atoms. The minimum Gasteiger partial charge on any atom is -0.329 e. The first kappa shape index (κ1) is 12.9. The van der Waals surface area contributed by atoms with Gasteiger partial charge in [0, 0.05) is 19.1 Å². The lowest BCUT2D eigenvalue weighted by Crippen LogP contribution is -2.37. The van der Waals surface area contributed by atoms with E-state index in [0.29, 0.717) is 6.04 Å². The van der Waals surface area contributed by atoms with Gasteiger partial charge in [0.1, 0.15) is 0 Å². The molecule has 0 bridgehead atoms. The third kappa shape index (κ3) is 6.05. The summed E-state index contributed by atoms with van der Waals surface area (Å²) in [5.41, 5.74) is 5.59. The standard InChI is InChI=1S/C11H26N2/c1-4-6-9-13(10-8-12)11(3)7-5-2/h11H,4-10,12H2,1-3H3. The molecule has 0 amide bonds. The van der Waals surface area contributed by atoms with E-state index in [1.165, 1.54) is 32.2 Å². The molecule has 0 aliphatic rings. The van der Waals surface area contributed by atoms with Gasteiger partial charge >= 0.3 is 0 Å². The number of unbranched alkanes of at least 4 members (excludes halogenated alkanes) is 1. The molecule has 0 radical (unpaired) electrons. The van der Waals surface area contributed by atoms with E-state index in [1.54, 1.807) is 0 Å². The van der Waals surface area contributed by atoms with Gasteiger partial charge in [0.2, 0.25) is 0 Å². The Morgan fingerprint density at radius 1 is 1.15 bits per heavy atom. The average Bonchev–Trinajstić information content (AvgIpc) is 2.12. The molecule has 0 heterocycles. The maximum atomic E-state index is 5.59. The van der Waals surface area contributed by atoms with Crippen LogP contribution in [0.15, 0.2) is 0 Å². The summed E-state index contributed by atoms with van der Waals surface area (Å²) < 4.78 is 0. The molecule has 1 atom stereocenters. The number of nitrogens with two attached hydrogens (primary N) is 1. The van der Waals surface area contributed by atoms with Gasteiger partial charge in [-0.2, -0.15) is 0 Å². The molecule has 0 rings (SSSR count). The fourth-order valence-corrected chi connectivity index (χ4v) is 1.68. The van der Waals surface area contributed by atoms with E-state index in [-0.39, 0.29) is 0 Å². The monoisotopic (exact) mass is 186 g/mol. The van der Waals surface area contributed by atoms with E-state index in [1.807, 2.05) is 0 Å². The average molecular weight is 186 g/mol. The quantitative estimate of drug-likeness (QED) is 0.630. The molecular weight excluding hydrogens is 160 g/mol. The molecule has 0 saturated carbocycles. The lowest BCUT2D eigenvalue weighted by atomic mass is 10.1. The zero-order valence-electron chi connectivity index (χ0n) is 9.55. The zero-order chi connectivity index (χ0) is 10.1. The molecule has 0 aliphatic carbocycles. The van der Waals surface area contributed by atoms with Gasteiger partial charge in [-0.15, -0.1) is 0 Å². The molecule has 1 unspecified atom stereocenters. The Labute approximate surface area is 83.5 Å². The van der Waals surface area contributed by atoms with Crippen LogP contribution in [0.2, 0.25) is 0 Å². The molecule has 0 fully saturated rings. The summed E-state index contributed by atoms with van der Waals surface area (Å²) in [6, 6.07) is 0.708. The number of hydrogen-bond acceptors (Lipinski definition) is 2. The van der Waals surface area contributed by atoms with E-state index in [9.17, 15) is 0 Å². The van der Waals surface area contributed by atoms with Crippen molar-refractivity contribution in [2.45, 2.75) is 52.5 Å². The highest BCUT2D eigenvalue weighted by Gasteiger charge is 2.10. The Balaban J connectivity index is 3.75. The first-order chi connectivity index (χ1) is 6.26. The smallest absolute Gasteiger partial charge is 0.0107 e. The summed E-state index contributed by atoms with van der Waals surface area (Å²) in [4.78, 5) is 2.52. The van der Waals surface area contributed by atoms with Crippen molar-refractivity contribution in [2.75, 3.05) is 19.6 Å². The van der Waals surface area contributed by atoms with Crippen LogP contribution in [0.5, 0.6) is 0 Å². The molecule has 2 N–H and O–H groups in total. The van der Waals surface area contributed by atoms with Crippen LogP contribution in [-0.2, 0) is 0 Å². The van der Waals surface area contributed by atoms with Crippen molar-refractivity contribution in [2.24, 2.45) is 5.73 Å². The number of nitrogens with zero attached hydrogens (tertiary/aromatic N) is 1. The van der Waals surface area contributed by atoms with Gasteiger partial charge in [-0.1, -0.05) is 26.7 Å². The molecule has 2 heteroatoms. The first-order valence-electron chi connectivity index (χ1n) is 5.70. The van der Waals surface area contributed by atoms with E-state index in [4.69, 9.17) is 5.73 Å². The third-order valence-electron chi connectivity index (χ3n) is 2.54. The van der Waals surface area contributed by atoms with Crippen molar-refractivity contribution in [3.63, 3.8) is 0 Å². The van der Waals surface area contributed by atoms with E-state index >= 15 is 0 Å². The Kier molecular flexibility index (Phi) is 8.46. The molecule has 0 saturated heterocycles. The van der Waals surface area contributed by atoms with Gasteiger partial charge in [-0.05, 0) is 26.3 Å². The van der Waals surface area contributed by atoms with Crippen LogP contribution >= 0.6 is 0 Å². The van der Waals surface area contributed by atoms with Gasteiger partial charge in [-0.3, -0.25) is 4.90 Å². The van der Waals surface area contributed by atoms with Crippen LogP contribution in [0, 0.1) is 0 Å². The van der Waals surface area contributed by atoms with Crippen molar-refractivity contribution < 1.29 is 0 Å². The van der Waals surface area contributed by atoms with Gasteiger partial charge in [0.25, 0.3) is 0 Å². The van der Waals surface area contributed by atoms with E-state index in [0.717, 1.165) is 13.1 Å². The van der Waals surface area contributed by atoms with Crippen molar-refractivity contribution >= 4 is 0 Å². The summed E-state index contributed by atoms with van der Waals surface area (Å²) in [7, 11) is 0. The SMILES string of the molecule is CCCCN(CCN)C(C)CCC. The topological polar surface area (TPSA) is 29.3 Å². The first-order valence-corrected chi connectivity index (χ1v) is 5.70.